The third kappa shape index (κ3) is 4.49. The van der Waals surface area contributed by atoms with Crippen LogP contribution in [0.15, 0.2) is 54.6 Å². The van der Waals surface area contributed by atoms with Crippen LogP contribution in [0.25, 0.3) is 0 Å². The average Bonchev–Trinajstić information content (AvgIpc) is 2.62. The normalized spacial score (nSPS) is 15.2. The molecule has 0 atom stereocenters. The van der Waals surface area contributed by atoms with Crippen LogP contribution in [0.2, 0.25) is 0 Å². The van der Waals surface area contributed by atoms with Crippen LogP contribution >= 0.6 is 0 Å². The third-order valence-electron chi connectivity index (χ3n) is 3.90. The van der Waals surface area contributed by atoms with Crippen molar-refractivity contribution >= 4 is 6.09 Å². The Morgan fingerprint density at radius 1 is 1.09 bits per heavy atom. The first-order valence-corrected chi connectivity index (χ1v) is 7.89. The fourth-order valence-electron chi connectivity index (χ4n) is 2.61. The molecule has 1 aliphatic heterocycles. The molecule has 23 heavy (non-hydrogen) atoms. The van der Waals surface area contributed by atoms with Gasteiger partial charge in [0.05, 0.1) is 0 Å². The molecule has 3 rings (SSSR count). The Morgan fingerprint density at radius 3 is 2.48 bits per heavy atom. The van der Waals surface area contributed by atoms with Crippen LogP contribution in [0.4, 0.5) is 4.79 Å². The van der Waals surface area contributed by atoms with E-state index in [0.717, 1.165) is 24.2 Å². The summed E-state index contributed by atoms with van der Waals surface area (Å²) in [6.07, 6.45) is 1.54. The number of benzene rings is 2. The minimum Gasteiger partial charge on any atom is -0.490 e. The third-order valence-corrected chi connectivity index (χ3v) is 3.90. The van der Waals surface area contributed by atoms with Crippen molar-refractivity contribution in [2.24, 2.45) is 0 Å². The number of carbonyl (C=O) groups is 1. The molecule has 0 unspecified atom stereocenters. The van der Waals surface area contributed by atoms with Gasteiger partial charge in [-0.1, -0.05) is 42.5 Å². The SMILES string of the molecule is O=C(OCc1ccccc1)N1CCC(Oc2cc[c]cc2)CC1. The van der Waals surface area contributed by atoms with Gasteiger partial charge >= 0.3 is 6.09 Å². The number of rotatable bonds is 4. The van der Waals surface area contributed by atoms with Gasteiger partial charge in [0, 0.05) is 25.9 Å². The lowest BCUT2D eigenvalue weighted by atomic mass is 10.1. The Balaban J connectivity index is 1.42. The van der Waals surface area contributed by atoms with Crippen molar-refractivity contribution < 1.29 is 14.3 Å². The maximum Gasteiger partial charge on any atom is 0.410 e. The Kier molecular flexibility index (Phi) is 5.14. The number of piperidine rings is 1. The van der Waals surface area contributed by atoms with Crippen molar-refractivity contribution in [3.63, 3.8) is 0 Å². The molecular formula is C19H20NO3. The molecule has 2 aromatic rings. The maximum absolute atomic E-state index is 12.1. The van der Waals surface area contributed by atoms with Gasteiger partial charge in [0.15, 0.2) is 0 Å². The van der Waals surface area contributed by atoms with E-state index in [9.17, 15) is 4.79 Å². The highest BCUT2D eigenvalue weighted by molar-refractivity contribution is 5.67. The molecule has 1 saturated heterocycles. The number of ether oxygens (including phenoxy) is 2. The summed E-state index contributed by atoms with van der Waals surface area (Å²) in [7, 11) is 0. The highest BCUT2D eigenvalue weighted by Gasteiger charge is 2.24. The summed E-state index contributed by atoms with van der Waals surface area (Å²) in [6, 6.07) is 20.2. The van der Waals surface area contributed by atoms with Crippen LogP contribution in [-0.2, 0) is 11.3 Å². The molecule has 1 fully saturated rings. The number of carbonyl (C=O) groups excluding carboxylic acids is 1. The molecule has 4 nitrogen and oxygen atoms in total. The molecule has 0 aliphatic carbocycles. The van der Waals surface area contributed by atoms with Gasteiger partial charge in [-0.25, -0.2) is 4.79 Å². The van der Waals surface area contributed by atoms with Gasteiger partial charge in [-0.05, 0) is 23.8 Å². The Labute approximate surface area is 136 Å². The minimum absolute atomic E-state index is 0.149. The van der Waals surface area contributed by atoms with E-state index >= 15 is 0 Å². The van der Waals surface area contributed by atoms with Gasteiger partial charge in [0.25, 0.3) is 0 Å². The summed E-state index contributed by atoms with van der Waals surface area (Å²) in [5, 5.41) is 0. The van der Waals surface area contributed by atoms with E-state index in [2.05, 4.69) is 6.07 Å². The van der Waals surface area contributed by atoms with Crippen molar-refractivity contribution in [3.05, 3.63) is 66.2 Å². The Bertz CT molecular complexity index is 607. The van der Waals surface area contributed by atoms with Crippen molar-refractivity contribution in [2.45, 2.75) is 25.6 Å². The van der Waals surface area contributed by atoms with E-state index in [1.165, 1.54) is 0 Å². The first-order valence-electron chi connectivity index (χ1n) is 7.89. The van der Waals surface area contributed by atoms with Crippen LogP contribution in [0.3, 0.4) is 0 Å². The molecule has 1 aliphatic rings. The predicted octanol–water partition coefficient (Wildman–Crippen LogP) is 3.67. The van der Waals surface area contributed by atoms with E-state index < -0.39 is 0 Å². The molecule has 1 radical (unpaired) electrons. The van der Waals surface area contributed by atoms with E-state index in [1.807, 2.05) is 54.6 Å². The van der Waals surface area contributed by atoms with Crippen molar-refractivity contribution in [3.8, 4) is 5.75 Å². The Morgan fingerprint density at radius 2 is 1.78 bits per heavy atom. The zero-order valence-corrected chi connectivity index (χ0v) is 13.0. The average molecular weight is 310 g/mol. The quantitative estimate of drug-likeness (QED) is 0.865. The monoisotopic (exact) mass is 310 g/mol. The lowest BCUT2D eigenvalue weighted by molar-refractivity contribution is 0.0638. The van der Waals surface area contributed by atoms with Gasteiger partial charge in [0.2, 0.25) is 0 Å². The predicted molar refractivity (Wildman–Crippen MR) is 87.1 cm³/mol. The fourth-order valence-corrected chi connectivity index (χ4v) is 2.61. The van der Waals surface area contributed by atoms with Crippen LogP contribution in [-0.4, -0.2) is 30.2 Å². The first kappa shape index (κ1) is 15.4. The van der Waals surface area contributed by atoms with Crippen molar-refractivity contribution in [2.75, 3.05) is 13.1 Å². The van der Waals surface area contributed by atoms with E-state index in [-0.39, 0.29) is 12.2 Å². The van der Waals surface area contributed by atoms with Gasteiger partial charge < -0.3 is 14.4 Å². The molecule has 1 amide bonds. The highest BCUT2D eigenvalue weighted by Crippen LogP contribution is 2.19. The zero-order chi connectivity index (χ0) is 15.9. The number of hydrogen-bond donors (Lipinski definition) is 0. The Hall–Kier alpha value is -2.49. The van der Waals surface area contributed by atoms with E-state index in [4.69, 9.17) is 9.47 Å². The fraction of sp³-hybridized carbons (Fsp3) is 0.316. The van der Waals surface area contributed by atoms with Gasteiger partial charge in [-0.15, -0.1) is 0 Å². The second-order valence-corrected chi connectivity index (χ2v) is 5.58. The van der Waals surface area contributed by atoms with Gasteiger partial charge in [-0.3, -0.25) is 0 Å². The first-order chi connectivity index (χ1) is 11.3. The van der Waals surface area contributed by atoms with Crippen LogP contribution in [0.1, 0.15) is 18.4 Å². The summed E-state index contributed by atoms with van der Waals surface area (Å²) in [5.74, 6) is 0.855. The molecular weight excluding hydrogens is 290 g/mol. The van der Waals surface area contributed by atoms with Gasteiger partial charge in [0.1, 0.15) is 18.5 Å². The zero-order valence-electron chi connectivity index (χ0n) is 13.0. The standard InChI is InChI=1S/C19H20NO3/c21-19(22-15-16-7-3-1-4-8-16)20-13-11-18(12-14-20)23-17-9-5-2-6-10-17/h1,3-10,18H,11-15H2. The molecule has 0 aromatic heterocycles. The maximum atomic E-state index is 12.1. The molecule has 119 valence electrons. The topological polar surface area (TPSA) is 38.8 Å². The smallest absolute Gasteiger partial charge is 0.410 e. The van der Waals surface area contributed by atoms with Crippen LogP contribution in [0.5, 0.6) is 5.75 Å². The minimum atomic E-state index is -0.249. The molecule has 0 bridgehead atoms. The summed E-state index contributed by atoms with van der Waals surface area (Å²) < 4.78 is 11.3. The van der Waals surface area contributed by atoms with Crippen LogP contribution < -0.4 is 4.74 Å². The summed E-state index contributed by atoms with van der Waals surface area (Å²) in [4.78, 5) is 13.8. The lowest BCUT2D eigenvalue weighted by Crippen LogP contribution is -2.42. The van der Waals surface area contributed by atoms with E-state index in [0.29, 0.717) is 19.7 Å². The second kappa shape index (κ2) is 7.68. The summed E-state index contributed by atoms with van der Waals surface area (Å²) in [5.41, 5.74) is 1.000. The number of hydrogen-bond acceptors (Lipinski definition) is 3. The number of likely N-dealkylation sites (tertiary alicyclic amines) is 1. The molecule has 2 aromatic carbocycles. The van der Waals surface area contributed by atoms with Crippen molar-refractivity contribution in [1.29, 1.82) is 0 Å². The van der Waals surface area contributed by atoms with E-state index in [1.54, 1.807) is 4.90 Å². The van der Waals surface area contributed by atoms with Gasteiger partial charge in [-0.2, -0.15) is 0 Å². The second-order valence-electron chi connectivity index (χ2n) is 5.58. The van der Waals surface area contributed by atoms with Crippen molar-refractivity contribution in [1.82, 2.24) is 4.90 Å². The number of amides is 1. The van der Waals surface area contributed by atoms with Crippen LogP contribution in [0, 0.1) is 6.07 Å². The summed E-state index contributed by atoms with van der Waals surface area (Å²) in [6.45, 7) is 1.64. The largest absolute Gasteiger partial charge is 0.490 e. The molecule has 0 spiro atoms. The molecule has 4 heteroatoms. The number of nitrogens with zero attached hydrogens (tertiary/aromatic N) is 1. The molecule has 0 N–H and O–H groups in total. The lowest BCUT2D eigenvalue weighted by Gasteiger charge is -2.31. The molecule has 0 saturated carbocycles. The molecule has 1 heterocycles. The highest BCUT2D eigenvalue weighted by atomic mass is 16.6. The summed E-state index contributed by atoms with van der Waals surface area (Å²) >= 11 is 0.